The second-order valence-corrected chi connectivity index (χ2v) is 5.98. The first-order valence-electron chi connectivity index (χ1n) is 7.88. The van der Waals surface area contributed by atoms with Crippen LogP contribution in [-0.2, 0) is 4.74 Å². The van der Waals surface area contributed by atoms with E-state index in [1.807, 2.05) is 13.8 Å². The molecular weight excluding hydrogens is 306 g/mol. The number of nitrogens with zero attached hydrogens (tertiary/aromatic N) is 1. The molecule has 0 aliphatic carbocycles. The zero-order valence-corrected chi connectivity index (χ0v) is 14.8. The number of hydrogen-bond donors (Lipinski definition) is 0. The normalized spacial score (nSPS) is 10.8. The Balaban J connectivity index is 2.05. The number of carbonyl (C=O) groups is 2. The van der Waals surface area contributed by atoms with Crippen molar-refractivity contribution in [1.82, 2.24) is 4.57 Å². The molecule has 0 saturated heterocycles. The van der Waals surface area contributed by atoms with Crippen LogP contribution in [0.5, 0.6) is 5.75 Å². The minimum atomic E-state index is -0.475. The van der Waals surface area contributed by atoms with E-state index in [9.17, 15) is 9.59 Å². The van der Waals surface area contributed by atoms with Gasteiger partial charge in [0.25, 0.3) is 0 Å². The number of aromatic nitrogens is 1. The fraction of sp³-hybridized carbons (Fsp3) is 0.368. The van der Waals surface area contributed by atoms with Crippen molar-refractivity contribution in [3.8, 4) is 5.75 Å². The predicted molar refractivity (Wildman–Crippen MR) is 91.9 cm³/mol. The van der Waals surface area contributed by atoms with Crippen molar-refractivity contribution in [2.45, 2.75) is 33.7 Å². The zero-order valence-electron chi connectivity index (χ0n) is 14.8. The second kappa shape index (κ2) is 7.34. The van der Waals surface area contributed by atoms with Crippen LogP contribution in [0.2, 0.25) is 0 Å². The third kappa shape index (κ3) is 3.67. The molecule has 0 spiro atoms. The summed E-state index contributed by atoms with van der Waals surface area (Å²) in [6.07, 6.45) is 0. The van der Waals surface area contributed by atoms with Gasteiger partial charge in [-0.25, -0.2) is 4.79 Å². The SMILES string of the molecule is COc1ccc(C(=O)COC(=O)c2cc(C)n(C(C)C)c2C)cc1. The van der Waals surface area contributed by atoms with E-state index in [4.69, 9.17) is 9.47 Å². The summed E-state index contributed by atoms with van der Waals surface area (Å²) >= 11 is 0. The molecule has 0 N–H and O–H groups in total. The Morgan fingerprint density at radius 3 is 2.25 bits per heavy atom. The lowest BCUT2D eigenvalue weighted by molar-refractivity contribution is 0.0474. The molecule has 1 aromatic carbocycles. The molecule has 0 radical (unpaired) electrons. The van der Waals surface area contributed by atoms with E-state index in [1.165, 1.54) is 0 Å². The van der Waals surface area contributed by atoms with Crippen molar-refractivity contribution in [2.75, 3.05) is 13.7 Å². The van der Waals surface area contributed by atoms with Crippen LogP contribution in [0.3, 0.4) is 0 Å². The molecule has 0 unspecified atom stereocenters. The number of hydrogen-bond acceptors (Lipinski definition) is 4. The molecule has 0 aliphatic rings. The summed E-state index contributed by atoms with van der Waals surface area (Å²) in [7, 11) is 1.56. The lowest BCUT2D eigenvalue weighted by Crippen LogP contribution is -2.15. The number of esters is 1. The van der Waals surface area contributed by atoms with E-state index in [1.54, 1.807) is 37.4 Å². The van der Waals surface area contributed by atoms with Crippen LogP contribution >= 0.6 is 0 Å². The maximum atomic E-state index is 12.3. The van der Waals surface area contributed by atoms with Gasteiger partial charge in [-0.15, -0.1) is 0 Å². The second-order valence-electron chi connectivity index (χ2n) is 5.98. The van der Waals surface area contributed by atoms with Gasteiger partial charge in [0.1, 0.15) is 5.75 Å². The highest BCUT2D eigenvalue weighted by Crippen LogP contribution is 2.21. The van der Waals surface area contributed by atoms with Crippen LogP contribution in [0.25, 0.3) is 0 Å². The Morgan fingerprint density at radius 2 is 1.75 bits per heavy atom. The van der Waals surface area contributed by atoms with Crippen LogP contribution < -0.4 is 4.74 Å². The van der Waals surface area contributed by atoms with Gasteiger partial charge in [0, 0.05) is 23.0 Å². The van der Waals surface area contributed by atoms with Crippen molar-refractivity contribution < 1.29 is 19.1 Å². The van der Waals surface area contributed by atoms with Gasteiger partial charge in [-0.2, -0.15) is 0 Å². The van der Waals surface area contributed by atoms with Crippen molar-refractivity contribution in [3.63, 3.8) is 0 Å². The molecule has 0 saturated carbocycles. The Bertz CT molecular complexity index is 741. The Kier molecular flexibility index (Phi) is 5.44. The minimum absolute atomic E-state index is 0.247. The van der Waals surface area contributed by atoms with Gasteiger partial charge in [0.15, 0.2) is 12.4 Å². The molecule has 5 heteroatoms. The lowest BCUT2D eigenvalue weighted by atomic mass is 10.1. The van der Waals surface area contributed by atoms with E-state index in [0.29, 0.717) is 16.9 Å². The summed E-state index contributed by atoms with van der Waals surface area (Å²) in [5.41, 5.74) is 2.83. The minimum Gasteiger partial charge on any atom is -0.497 e. The Labute approximate surface area is 142 Å². The third-order valence-corrected chi connectivity index (χ3v) is 3.97. The van der Waals surface area contributed by atoms with E-state index in [2.05, 4.69) is 18.4 Å². The molecular formula is C19H23NO4. The molecule has 1 aromatic heterocycles. The number of aryl methyl sites for hydroxylation is 1. The summed E-state index contributed by atoms with van der Waals surface area (Å²) in [6.45, 7) is 7.67. The lowest BCUT2D eigenvalue weighted by Gasteiger charge is -2.13. The standard InChI is InChI=1S/C19H23NO4/c1-12(2)20-13(3)10-17(14(20)4)19(22)24-11-18(21)15-6-8-16(23-5)9-7-15/h6-10,12H,11H2,1-5H3. The molecule has 0 aliphatic heterocycles. The van der Waals surface area contributed by atoms with Gasteiger partial charge >= 0.3 is 5.97 Å². The molecule has 0 amide bonds. The van der Waals surface area contributed by atoms with Gasteiger partial charge in [-0.3, -0.25) is 4.79 Å². The van der Waals surface area contributed by atoms with Crippen LogP contribution in [-0.4, -0.2) is 30.0 Å². The first-order chi connectivity index (χ1) is 11.3. The van der Waals surface area contributed by atoms with Gasteiger partial charge in [-0.1, -0.05) is 0 Å². The summed E-state index contributed by atoms with van der Waals surface area (Å²) in [5.74, 6) is -0.0507. The number of carbonyl (C=O) groups excluding carboxylic acids is 2. The van der Waals surface area contributed by atoms with Gasteiger partial charge in [-0.05, 0) is 58.0 Å². The van der Waals surface area contributed by atoms with E-state index in [0.717, 1.165) is 11.4 Å². The molecule has 128 valence electrons. The van der Waals surface area contributed by atoms with Crippen molar-refractivity contribution in [3.05, 3.63) is 52.8 Å². The monoisotopic (exact) mass is 329 g/mol. The first-order valence-corrected chi connectivity index (χ1v) is 7.88. The summed E-state index contributed by atoms with van der Waals surface area (Å²) in [5, 5.41) is 0. The highest BCUT2D eigenvalue weighted by molar-refractivity contribution is 5.99. The summed E-state index contributed by atoms with van der Waals surface area (Å²) < 4.78 is 12.3. The van der Waals surface area contributed by atoms with Gasteiger partial charge < -0.3 is 14.0 Å². The van der Waals surface area contributed by atoms with E-state index in [-0.39, 0.29) is 18.4 Å². The number of rotatable bonds is 6. The number of ketones is 1. The van der Waals surface area contributed by atoms with Gasteiger partial charge in [0.05, 0.1) is 12.7 Å². The van der Waals surface area contributed by atoms with Crippen molar-refractivity contribution >= 4 is 11.8 Å². The molecule has 24 heavy (non-hydrogen) atoms. The fourth-order valence-corrected chi connectivity index (χ4v) is 2.85. The summed E-state index contributed by atoms with van der Waals surface area (Å²) in [6, 6.07) is 8.76. The van der Waals surface area contributed by atoms with E-state index < -0.39 is 5.97 Å². The number of ether oxygens (including phenoxy) is 2. The van der Waals surface area contributed by atoms with Crippen LogP contribution in [0, 0.1) is 13.8 Å². The quantitative estimate of drug-likeness (QED) is 0.598. The molecule has 1 heterocycles. The smallest absolute Gasteiger partial charge is 0.340 e. The van der Waals surface area contributed by atoms with Crippen molar-refractivity contribution in [1.29, 1.82) is 0 Å². The van der Waals surface area contributed by atoms with Gasteiger partial charge in [0.2, 0.25) is 0 Å². The summed E-state index contributed by atoms with van der Waals surface area (Å²) in [4.78, 5) is 24.4. The highest BCUT2D eigenvalue weighted by Gasteiger charge is 2.19. The Morgan fingerprint density at radius 1 is 1.12 bits per heavy atom. The topological polar surface area (TPSA) is 57.5 Å². The number of Topliss-reactive ketones (excluding diaryl/α,β-unsaturated/α-hetero) is 1. The molecule has 0 fully saturated rings. The molecule has 0 atom stereocenters. The van der Waals surface area contributed by atoms with Crippen molar-refractivity contribution in [2.24, 2.45) is 0 Å². The first kappa shape index (κ1) is 17.8. The maximum absolute atomic E-state index is 12.3. The largest absolute Gasteiger partial charge is 0.497 e. The molecule has 2 aromatic rings. The highest BCUT2D eigenvalue weighted by atomic mass is 16.5. The predicted octanol–water partition coefficient (Wildman–Crippen LogP) is 3.73. The molecule has 5 nitrogen and oxygen atoms in total. The maximum Gasteiger partial charge on any atom is 0.340 e. The molecule has 0 bridgehead atoms. The number of methoxy groups -OCH3 is 1. The van der Waals surface area contributed by atoms with E-state index >= 15 is 0 Å². The average molecular weight is 329 g/mol. The van der Waals surface area contributed by atoms with Crippen LogP contribution in [0.15, 0.2) is 30.3 Å². The zero-order chi connectivity index (χ0) is 17.9. The molecule has 2 rings (SSSR count). The fourth-order valence-electron chi connectivity index (χ4n) is 2.85. The third-order valence-electron chi connectivity index (χ3n) is 3.97. The Hall–Kier alpha value is -2.56. The number of benzene rings is 1. The average Bonchev–Trinajstić information content (AvgIpc) is 2.87. The van der Waals surface area contributed by atoms with Crippen LogP contribution in [0.1, 0.15) is 52.0 Å². The van der Waals surface area contributed by atoms with Crippen LogP contribution in [0.4, 0.5) is 0 Å².